The van der Waals surface area contributed by atoms with Crippen LogP contribution in [0.1, 0.15) is 39.0 Å². The molecule has 1 heterocycles. The molecular formula is C14H24O3. The number of allylic oxidation sites excluding steroid dienone is 3. The molecule has 1 aliphatic heterocycles. The average Bonchev–Trinajstić information content (AvgIpc) is 2.80. The number of hydrogen-bond donors (Lipinski definition) is 1. The summed E-state index contributed by atoms with van der Waals surface area (Å²) in [5, 5.41) is 9.01. The maximum Gasteiger partial charge on any atom is 0.148 e. The van der Waals surface area contributed by atoms with Crippen LogP contribution in [0.3, 0.4) is 0 Å². The summed E-state index contributed by atoms with van der Waals surface area (Å²) in [6.45, 7) is 2.52. The van der Waals surface area contributed by atoms with Gasteiger partial charge in [-0.15, -0.1) is 0 Å². The fourth-order valence-corrected chi connectivity index (χ4v) is 1.76. The van der Waals surface area contributed by atoms with E-state index in [-0.39, 0.29) is 25.6 Å². The largest absolute Gasteiger partial charge is 0.394 e. The predicted octanol–water partition coefficient (Wildman–Crippen LogP) is 2.80. The molecule has 1 N–H and O–H groups in total. The molecule has 98 valence electrons. The third kappa shape index (κ3) is 6.01. The zero-order valence-corrected chi connectivity index (χ0v) is 10.7. The van der Waals surface area contributed by atoms with E-state index in [1.54, 1.807) is 0 Å². The van der Waals surface area contributed by atoms with Gasteiger partial charge in [0.1, 0.15) is 19.0 Å². The number of unbranched alkanes of at least 4 members (excludes halogenated alkanes) is 3. The summed E-state index contributed by atoms with van der Waals surface area (Å²) < 4.78 is 10.5. The summed E-state index contributed by atoms with van der Waals surface area (Å²) in [6.07, 6.45) is 14.1. The summed E-state index contributed by atoms with van der Waals surface area (Å²) in [5.74, 6) is 0. The van der Waals surface area contributed by atoms with Crippen LogP contribution < -0.4 is 0 Å². The zero-order valence-electron chi connectivity index (χ0n) is 10.7. The van der Waals surface area contributed by atoms with Crippen molar-refractivity contribution in [3.8, 4) is 0 Å². The number of aliphatic hydroxyl groups excluding tert-OH is 1. The van der Waals surface area contributed by atoms with Gasteiger partial charge in [-0.05, 0) is 19.3 Å². The minimum atomic E-state index is -0.195. The normalized spacial score (nSPS) is 25.3. The minimum absolute atomic E-state index is 0.0157. The van der Waals surface area contributed by atoms with E-state index in [1.807, 2.05) is 6.08 Å². The molecular weight excluding hydrogens is 216 g/mol. The molecule has 0 aromatic carbocycles. The highest BCUT2D eigenvalue weighted by molar-refractivity contribution is 4.99. The first-order valence-electron chi connectivity index (χ1n) is 6.54. The fourth-order valence-electron chi connectivity index (χ4n) is 1.76. The maximum absolute atomic E-state index is 9.01. The highest BCUT2D eigenvalue weighted by atomic mass is 16.7. The van der Waals surface area contributed by atoms with Crippen molar-refractivity contribution in [2.45, 2.75) is 51.2 Å². The first-order valence-corrected chi connectivity index (χ1v) is 6.54. The van der Waals surface area contributed by atoms with Crippen LogP contribution in [0.2, 0.25) is 0 Å². The first-order chi connectivity index (χ1) is 8.38. The van der Waals surface area contributed by atoms with E-state index in [9.17, 15) is 0 Å². The molecule has 3 nitrogen and oxygen atoms in total. The summed E-state index contributed by atoms with van der Waals surface area (Å²) in [5.41, 5.74) is 0. The van der Waals surface area contributed by atoms with E-state index in [1.165, 1.54) is 25.7 Å². The third-order valence-electron chi connectivity index (χ3n) is 2.83. The van der Waals surface area contributed by atoms with Gasteiger partial charge in [0.05, 0.1) is 6.61 Å². The van der Waals surface area contributed by atoms with Gasteiger partial charge < -0.3 is 14.6 Å². The van der Waals surface area contributed by atoms with Crippen LogP contribution in [0, 0.1) is 0 Å². The molecule has 0 amide bonds. The summed E-state index contributed by atoms with van der Waals surface area (Å²) in [6, 6.07) is 0. The summed E-state index contributed by atoms with van der Waals surface area (Å²) in [7, 11) is 0. The van der Waals surface area contributed by atoms with Crippen molar-refractivity contribution in [3.63, 3.8) is 0 Å². The Labute approximate surface area is 104 Å². The Morgan fingerprint density at radius 3 is 2.82 bits per heavy atom. The van der Waals surface area contributed by atoms with Crippen LogP contribution in [0.25, 0.3) is 0 Å². The molecule has 17 heavy (non-hydrogen) atoms. The molecule has 1 saturated heterocycles. The smallest absolute Gasteiger partial charge is 0.148 e. The van der Waals surface area contributed by atoms with Crippen LogP contribution in [-0.2, 0) is 9.47 Å². The lowest BCUT2D eigenvalue weighted by Gasteiger charge is -2.09. The van der Waals surface area contributed by atoms with Gasteiger partial charge in [-0.1, -0.05) is 44.1 Å². The van der Waals surface area contributed by atoms with E-state index in [0.717, 1.165) is 6.42 Å². The number of rotatable bonds is 8. The van der Waals surface area contributed by atoms with E-state index in [2.05, 4.69) is 25.2 Å². The van der Waals surface area contributed by atoms with Crippen LogP contribution in [0.4, 0.5) is 0 Å². The Balaban J connectivity index is 2.08. The monoisotopic (exact) mass is 240 g/mol. The van der Waals surface area contributed by atoms with Gasteiger partial charge in [-0.2, -0.15) is 0 Å². The SMILES string of the molecule is CCCCC/C=C\C/C=C\[C@@H]1OCO[C@H]1CO. The predicted molar refractivity (Wildman–Crippen MR) is 68.7 cm³/mol. The average molecular weight is 240 g/mol. The van der Waals surface area contributed by atoms with Crippen LogP contribution in [-0.4, -0.2) is 30.7 Å². The van der Waals surface area contributed by atoms with Crippen molar-refractivity contribution in [1.29, 1.82) is 0 Å². The third-order valence-corrected chi connectivity index (χ3v) is 2.83. The molecule has 0 bridgehead atoms. The molecule has 0 aromatic rings. The second-order valence-electron chi connectivity index (χ2n) is 4.27. The molecule has 0 saturated carbocycles. The standard InChI is InChI=1S/C14H24O3/c1-2-3-4-5-6-7-8-9-10-13-14(11-15)17-12-16-13/h6-7,9-10,13-15H,2-5,8,11-12H2,1H3/b7-6-,10-9-/t13-,14-/m0/s1. The fraction of sp³-hybridized carbons (Fsp3) is 0.714. The van der Waals surface area contributed by atoms with Gasteiger partial charge in [0.15, 0.2) is 0 Å². The van der Waals surface area contributed by atoms with Crippen molar-refractivity contribution in [2.24, 2.45) is 0 Å². The van der Waals surface area contributed by atoms with Gasteiger partial charge in [0.2, 0.25) is 0 Å². The quantitative estimate of drug-likeness (QED) is 0.524. The first kappa shape index (κ1) is 14.4. The summed E-state index contributed by atoms with van der Waals surface area (Å²) in [4.78, 5) is 0. The van der Waals surface area contributed by atoms with Crippen LogP contribution in [0.5, 0.6) is 0 Å². The molecule has 3 heteroatoms. The van der Waals surface area contributed by atoms with Crippen molar-refractivity contribution >= 4 is 0 Å². The molecule has 0 spiro atoms. The maximum atomic E-state index is 9.01. The second-order valence-corrected chi connectivity index (χ2v) is 4.27. The molecule has 1 aliphatic rings. The lowest BCUT2D eigenvalue weighted by atomic mass is 10.1. The topological polar surface area (TPSA) is 38.7 Å². The van der Waals surface area contributed by atoms with Crippen molar-refractivity contribution in [3.05, 3.63) is 24.3 Å². The van der Waals surface area contributed by atoms with E-state index in [4.69, 9.17) is 14.6 Å². The molecule has 1 rings (SSSR count). The van der Waals surface area contributed by atoms with Gasteiger partial charge in [-0.25, -0.2) is 0 Å². The number of aliphatic hydroxyl groups is 1. The van der Waals surface area contributed by atoms with Gasteiger partial charge in [-0.3, -0.25) is 0 Å². The summed E-state index contributed by atoms with van der Waals surface area (Å²) >= 11 is 0. The zero-order chi connectivity index (χ0) is 12.3. The van der Waals surface area contributed by atoms with Gasteiger partial charge in [0, 0.05) is 0 Å². The highest BCUT2D eigenvalue weighted by Crippen LogP contribution is 2.13. The molecule has 0 unspecified atom stereocenters. The highest BCUT2D eigenvalue weighted by Gasteiger charge is 2.25. The Morgan fingerprint density at radius 2 is 2.06 bits per heavy atom. The number of hydrogen-bond acceptors (Lipinski definition) is 3. The van der Waals surface area contributed by atoms with E-state index in [0.29, 0.717) is 0 Å². The van der Waals surface area contributed by atoms with Crippen molar-refractivity contribution in [1.82, 2.24) is 0 Å². The molecule has 2 atom stereocenters. The van der Waals surface area contributed by atoms with E-state index >= 15 is 0 Å². The van der Waals surface area contributed by atoms with Crippen LogP contribution in [0.15, 0.2) is 24.3 Å². The molecule has 0 aliphatic carbocycles. The van der Waals surface area contributed by atoms with Gasteiger partial charge in [0.25, 0.3) is 0 Å². The van der Waals surface area contributed by atoms with Crippen LogP contribution >= 0.6 is 0 Å². The van der Waals surface area contributed by atoms with Crippen molar-refractivity contribution in [2.75, 3.05) is 13.4 Å². The van der Waals surface area contributed by atoms with E-state index < -0.39 is 0 Å². The lowest BCUT2D eigenvalue weighted by Crippen LogP contribution is -2.24. The second kappa shape index (κ2) is 9.40. The molecule has 0 radical (unpaired) electrons. The Hall–Kier alpha value is -0.640. The Bertz CT molecular complexity index is 236. The van der Waals surface area contributed by atoms with Gasteiger partial charge >= 0.3 is 0 Å². The Morgan fingerprint density at radius 1 is 1.18 bits per heavy atom. The van der Waals surface area contributed by atoms with Crippen molar-refractivity contribution < 1.29 is 14.6 Å². The molecule has 0 aromatic heterocycles. The molecule has 1 fully saturated rings. The Kier molecular flexibility index (Phi) is 7.97. The minimum Gasteiger partial charge on any atom is -0.394 e. The number of ether oxygens (including phenoxy) is 2. The lowest BCUT2D eigenvalue weighted by molar-refractivity contribution is 0.0274.